The SMILES string of the molecule is Cc1nc(-c2ccc(C(F)(F)F)cc2)sc1CNc1ccc(CCC(=O)O)cc1. The molecule has 0 bridgehead atoms. The summed E-state index contributed by atoms with van der Waals surface area (Å²) in [6.07, 6.45) is -3.77. The van der Waals surface area contributed by atoms with Gasteiger partial charge in [0.2, 0.25) is 0 Å². The molecule has 0 radical (unpaired) electrons. The number of halogens is 3. The van der Waals surface area contributed by atoms with Crippen LogP contribution in [0.5, 0.6) is 0 Å². The zero-order valence-electron chi connectivity index (χ0n) is 15.6. The first-order valence-electron chi connectivity index (χ1n) is 8.91. The highest BCUT2D eigenvalue weighted by atomic mass is 32.1. The monoisotopic (exact) mass is 420 g/mol. The summed E-state index contributed by atoms with van der Waals surface area (Å²) in [6, 6.07) is 12.6. The topological polar surface area (TPSA) is 62.2 Å². The predicted molar refractivity (Wildman–Crippen MR) is 107 cm³/mol. The number of hydrogen-bond acceptors (Lipinski definition) is 4. The number of aromatic nitrogens is 1. The van der Waals surface area contributed by atoms with E-state index in [1.54, 1.807) is 0 Å². The average molecular weight is 420 g/mol. The van der Waals surface area contributed by atoms with Crippen LogP contribution in [0.25, 0.3) is 10.6 Å². The Morgan fingerprint density at radius 1 is 1.10 bits per heavy atom. The lowest BCUT2D eigenvalue weighted by Gasteiger charge is -2.07. The van der Waals surface area contributed by atoms with Gasteiger partial charge in [0.15, 0.2) is 0 Å². The average Bonchev–Trinajstić information content (AvgIpc) is 3.05. The summed E-state index contributed by atoms with van der Waals surface area (Å²) in [5.41, 5.74) is 2.66. The molecule has 1 aromatic heterocycles. The summed E-state index contributed by atoms with van der Waals surface area (Å²) in [5.74, 6) is -0.822. The third kappa shape index (κ3) is 5.57. The van der Waals surface area contributed by atoms with E-state index in [2.05, 4.69) is 10.3 Å². The fourth-order valence-electron chi connectivity index (χ4n) is 2.74. The molecule has 0 unspecified atom stereocenters. The number of nitrogens with one attached hydrogen (secondary N) is 1. The van der Waals surface area contributed by atoms with E-state index in [1.807, 2.05) is 31.2 Å². The van der Waals surface area contributed by atoms with E-state index >= 15 is 0 Å². The predicted octanol–water partition coefficient (Wildman–Crippen LogP) is 5.77. The van der Waals surface area contributed by atoms with Gasteiger partial charge in [0, 0.05) is 22.5 Å². The molecule has 0 atom stereocenters. The lowest BCUT2D eigenvalue weighted by Crippen LogP contribution is -2.03. The van der Waals surface area contributed by atoms with Gasteiger partial charge in [-0.2, -0.15) is 13.2 Å². The Morgan fingerprint density at radius 3 is 2.34 bits per heavy atom. The molecule has 0 aliphatic heterocycles. The molecule has 0 spiro atoms. The van der Waals surface area contributed by atoms with Crippen molar-refractivity contribution in [2.24, 2.45) is 0 Å². The molecule has 3 rings (SSSR count). The molecule has 3 aromatic rings. The Balaban J connectivity index is 1.64. The summed E-state index contributed by atoms with van der Waals surface area (Å²) in [7, 11) is 0. The fraction of sp³-hybridized carbons (Fsp3) is 0.238. The molecular weight excluding hydrogens is 401 g/mol. The molecule has 0 amide bonds. The van der Waals surface area contributed by atoms with Crippen molar-refractivity contribution < 1.29 is 23.1 Å². The normalized spacial score (nSPS) is 11.4. The van der Waals surface area contributed by atoms with E-state index in [0.717, 1.165) is 34.0 Å². The van der Waals surface area contributed by atoms with Gasteiger partial charge < -0.3 is 10.4 Å². The molecule has 0 saturated carbocycles. The van der Waals surface area contributed by atoms with Gasteiger partial charge in [-0.05, 0) is 43.2 Å². The van der Waals surface area contributed by atoms with Crippen molar-refractivity contribution in [3.8, 4) is 10.6 Å². The van der Waals surface area contributed by atoms with Gasteiger partial charge in [0.05, 0.1) is 17.8 Å². The van der Waals surface area contributed by atoms with E-state index in [-0.39, 0.29) is 6.42 Å². The van der Waals surface area contributed by atoms with Crippen molar-refractivity contribution in [2.75, 3.05) is 5.32 Å². The molecule has 0 saturated heterocycles. The van der Waals surface area contributed by atoms with E-state index in [4.69, 9.17) is 5.11 Å². The van der Waals surface area contributed by atoms with E-state index in [0.29, 0.717) is 23.5 Å². The third-order valence-electron chi connectivity index (χ3n) is 4.39. The molecule has 8 heteroatoms. The number of benzene rings is 2. The Morgan fingerprint density at radius 2 is 1.76 bits per heavy atom. The van der Waals surface area contributed by atoms with Crippen molar-refractivity contribution in [2.45, 2.75) is 32.5 Å². The fourth-order valence-corrected chi connectivity index (χ4v) is 3.75. The molecule has 0 aliphatic rings. The van der Waals surface area contributed by atoms with Gasteiger partial charge in [0.1, 0.15) is 5.01 Å². The number of carbonyl (C=O) groups is 1. The highest BCUT2D eigenvalue weighted by Gasteiger charge is 2.30. The zero-order chi connectivity index (χ0) is 21.0. The highest BCUT2D eigenvalue weighted by molar-refractivity contribution is 7.15. The minimum atomic E-state index is -4.35. The summed E-state index contributed by atoms with van der Waals surface area (Å²) in [5, 5.41) is 12.7. The number of rotatable bonds is 7. The highest BCUT2D eigenvalue weighted by Crippen LogP contribution is 2.33. The summed E-state index contributed by atoms with van der Waals surface area (Å²) in [6.45, 7) is 2.41. The smallest absolute Gasteiger partial charge is 0.416 e. The first-order valence-corrected chi connectivity index (χ1v) is 9.72. The van der Waals surface area contributed by atoms with Crippen LogP contribution in [0.3, 0.4) is 0 Å². The van der Waals surface area contributed by atoms with Gasteiger partial charge in [0.25, 0.3) is 0 Å². The van der Waals surface area contributed by atoms with E-state index in [1.165, 1.54) is 23.5 Å². The zero-order valence-corrected chi connectivity index (χ0v) is 16.4. The lowest BCUT2D eigenvalue weighted by atomic mass is 10.1. The van der Waals surface area contributed by atoms with E-state index < -0.39 is 17.7 Å². The number of alkyl halides is 3. The number of anilines is 1. The van der Waals surface area contributed by atoms with Crippen LogP contribution in [-0.2, 0) is 23.9 Å². The first kappa shape index (κ1) is 20.9. The summed E-state index contributed by atoms with van der Waals surface area (Å²) < 4.78 is 38.1. The number of aliphatic carboxylic acids is 1. The van der Waals surface area contributed by atoms with Crippen molar-refractivity contribution >= 4 is 23.0 Å². The van der Waals surface area contributed by atoms with Gasteiger partial charge >= 0.3 is 12.1 Å². The molecule has 0 fully saturated rings. The minimum absolute atomic E-state index is 0.0968. The molecule has 1 heterocycles. The lowest BCUT2D eigenvalue weighted by molar-refractivity contribution is -0.138. The number of carboxylic acids is 1. The maximum Gasteiger partial charge on any atom is 0.416 e. The van der Waals surface area contributed by atoms with Crippen LogP contribution in [0.1, 0.15) is 28.1 Å². The minimum Gasteiger partial charge on any atom is -0.481 e. The Hall–Kier alpha value is -2.87. The van der Waals surface area contributed by atoms with Gasteiger partial charge in [-0.25, -0.2) is 4.98 Å². The number of carboxylic acid groups (broad SMARTS) is 1. The summed E-state index contributed by atoms with van der Waals surface area (Å²) >= 11 is 1.44. The maximum absolute atomic E-state index is 12.7. The van der Waals surface area contributed by atoms with Crippen molar-refractivity contribution in [3.05, 3.63) is 70.2 Å². The Kier molecular flexibility index (Phi) is 6.22. The van der Waals surface area contributed by atoms with Crippen LogP contribution in [0.2, 0.25) is 0 Å². The van der Waals surface area contributed by atoms with Crippen molar-refractivity contribution in [1.29, 1.82) is 0 Å². The quantitative estimate of drug-likeness (QED) is 0.510. The molecule has 0 aliphatic carbocycles. The summed E-state index contributed by atoms with van der Waals surface area (Å²) in [4.78, 5) is 16.1. The van der Waals surface area contributed by atoms with Gasteiger partial charge in [-0.3, -0.25) is 4.79 Å². The second-order valence-corrected chi connectivity index (χ2v) is 7.63. The number of aryl methyl sites for hydroxylation is 2. The van der Waals surface area contributed by atoms with Crippen molar-refractivity contribution in [1.82, 2.24) is 4.98 Å². The van der Waals surface area contributed by atoms with Crippen LogP contribution in [0.4, 0.5) is 18.9 Å². The van der Waals surface area contributed by atoms with Crippen molar-refractivity contribution in [3.63, 3.8) is 0 Å². The number of hydrogen-bond donors (Lipinski definition) is 2. The molecule has 4 nitrogen and oxygen atoms in total. The third-order valence-corrected chi connectivity index (χ3v) is 5.59. The molecular formula is C21H19F3N2O2S. The molecule has 2 aromatic carbocycles. The number of nitrogens with zero attached hydrogens (tertiary/aromatic N) is 1. The largest absolute Gasteiger partial charge is 0.481 e. The van der Waals surface area contributed by atoms with Crippen LogP contribution in [0, 0.1) is 6.92 Å². The number of thiazole rings is 1. The Bertz CT molecular complexity index is 981. The Labute approximate surface area is 170 Å². The second kappa shape index (κ2) is 8.65. The van der Waals surface area contributed by atoms with Crippen LogP contribution in [0.15, 0.2) is 48.5 Å². The molecule has 2 N–H and O–H groups in total. The van der Waals surface area contributed by atoms with Crippen LogP contribution in [-0.4, -0.2) is 16.1 Å². The van der Waals surface area contributed by atoms with Gasteiger partial charge in [-0.1, -0.05) is 24.3 Å². The van der Waals surface area contributed by atoms with Crippen LogP contribution < -0.4 is 5.32 Å². The standard InChI is InChI=1S/C21H19F3N2O2S/c1-13-18(12-25-17-9-2-14(3-10-17)4-11-19(27)28)29-20(26-13)15-5-7-16(8-6-15)21(22,23)24/h2-3,5-10,25H,4,11-12H2,1H3,(H,27,28). The molecule has 152 valence electrons. The van der Waals surface area contributed by atoms with E-state index in [9.17, 15) is 18.0 Å². The molecule has 29 heavy (non-hydrogen) atoms. The first-order chi connectivity index (χ1) is 13.7. The van der Waals surface area contributed by atoms with Crippen LogP contribution >= 0.6 is 11.3 Å². The van der Waals surface area contributed by atoms with Gasteiger partial charge in [-0.15, -0.1) is 11.3 Å². The second-order valence-electron chi connectivity index (χ2n) is 6.55. The maximum atomic E-state index is 12.7.